The number of nitrogens with one attached hydrogen (secondary N) is 1. The summed E-state index contributed by atoms with van der Waals surface area (Å²) in [4.78, 5) is 11.7. The van der Waals surface area contributed by atoms with Crippen LogP contribution in [0.4, 0.5) is 0 Å². The summed E-state index contributed by atoms with van der Waals surface area (Å²) in [5.41, 5.74) is 2.99. The van der Waals surface area contributed by atoms with Crippen molar-refractivity contribution in [1.29, 1.82) is 10.7 Å². The zero-order chi connectivity index (χ0) is 23.5. The molecule has 33 heavy (non-hydrogen) atoms. The van der Waals surface area contributed by atoms with Crippen molar-refractivity contribution in [2.75, 3.05) is 13.2 Å². The van der Waals surface area contributed by atoms with Gasteiger partial charge >= 0.3 is 5.97 Å². The van der Waals surface area contributed by atoms with Crippen LogP contribution >= 0.6 is 0 Å². The van der Waals surface area contributed by atoms with Gasteiger partial charge in [0.15, 0.2) is 0 Å². The van der Waals surface area contributed by atoms with Gasteiger partial charge in [0.1, 0.15) is 24.7 Å². The van der Waals surface area contributed by atoms with Crippen molar-refractivity contribution >= 4 is 11.7 Å². The Morgan fingerprint density at radius 1 is 0.939 bits per heavy atom. The first kappa shape index (κ1) is 23.6. The molecule has 6 heteroatoms. The molecule has 3 aromatic carbocycles. The second kappa shape index (κ2) is 12.1. The van der Waals surface area contributed by atoms with Gasteiger partial charge < -0.3 is 19.6 Å². The summed E-state index contributed by atoms with van der Waals surface area (Å²) in [6.07, 6.45) is 0.0315. The fourth-order valence-corrected chi connectivity index (χ4v) is 3.15. The summed E-state index contributed by atoms with van der Waals surface area (Å²) in [5.74, 6) is 0.430. The van der Waals surface area contributed by atoms with Crippen LogP contribution < -0.4 is 9.47 Å². The number of hydrogen-bond donors (Lipinski definition) is 1. The largest absolute Gasteiger partial charge is 0.489 e. The van der Waals surface area contributed by atoms with Gasteiger partial charge in [-0.1, -0.05) is 54.6 Å². The van der Waals surface area contributed by atoms with Gasteiger partial charge in [0.25, 0.3) is 0 Å². The van der Waals surface area contributed by atoms with Gasteiger partial charge in [0, 0.05) is 0 Å². The third kappa shape index (κ3) is 7.22. The Kier molecular flexibility index (Phi) is 8.61. The van der Waals surface area contributed by atoms with Gasteiger partial charge in [-0.2, -0.15) is 5.26 Å². The molecule has 6 nitrogen and oxygen atoms in total. The van der Waals surface area contributed by atoms with Gasteiger partial charge in [0.05, 0.1) is 30.7 Å². The SMILES string of the molecule is CCOC(=O)CC(C#N)c1ccc(OCc2ccc(OCC(=N)c3ccccc3)cc2)cc1. The maximum atomic E-state index is 11.7. The number of ether oxygens (including phenoxy) is 3. The molecule has 0 radical (unpaired) electrons. The van der Waals surface area contributed by atoms with Crippen LogP contribution in [0.1, 0.15) is 36.0 Å². The Morgan fingerprint density at radius 3 is 2.21 bits per heavy atom. The van der Waals surface area contributed by atoms with Crippen molar-refractivity contribution in [3.05, 3.63) is 95.6 Å². The fourth-order valence-electron chi connectivity index (χ4n) is 3.15. The summed E-state index contributed by atoms with van der Waals surface area (Å²) in [6.45, 7) is 2.62. The molecule has 1 unspecified atom stereocenters. The zero-order valence-electron chi connectivity index (χ0n) is 18.5. The van der Waals surface area contributed by atoms with E-state index in [4.69, 9.17) is 19.6 Å². The Labute approximate surface area is 193 Å². The van der Waals surface area contributed by atoms with E-state index in [9.17, 15) is 10.1 Å². The van der Waals surface area contributed by atoms with Crippen LogP contribution in [0.15, 0.2) is 78.9 Å². The van der Waals surface area contributed by atoms with Crippen LogP contribution in [0.2, 0.25) is 0 Å². The van der Waals surface area contributed by atoms with E-state index < -0.39 is 5.92 Å². The lowest BCUT2D eigenvalue weighted by Crippen LogP contribution is -2.11. The van der Waals surface area contributed by atoms with E-state index in [1.165, 1.54) is 0 Å². The molecule has 0 aliphatic carbocycles. The van der Waals surface area contributed by atoms with E-state index in [1.807, 2.05) is 54.6 Å². The Bertz CT molecular complexity index is 1090. The lowest BCUT2D eigenvalue weighted by Gasteiger charge is -2.11. The number of nitriles is 1. The molecular weight excluding hydrogens is 416 g/mol. The number of hydrogen-bond acceptors (Lipinski definition) is 6. The molecule has 0 heterocycles. The maximum absolute atomic E-state index is 11.7. The highest BCUT2D eigenvalue weighted by Crippen LogP contribution is 2.23. The molecule has 0 bridgehead atoms. The Balaban J connectivity index is 1.48. The monoisotopic (exact) mass is 442 g/mol. The van der Waals surface area contributed by atoms with Crippen LogP contribution in [0.3, 0.4) is 0 Å². The second-order valence-electron chi connectivity index (χ2n) is 7.33. The molecule has 3 rings (SSSR count). The topological polar surface area (TPSA) is 92.4 Å². The number of nitrogens with zero attached hydrogens (tertiary/aromatic N) is 1. The second-order valence-corrected chi connectivity index (χ2v) is 7.33. The molecule has 0 saturated carbocycles. The van der Waals surface area contributed by atoms with Crippen LogP contribution in [0.25, 0.3) is 0 Å². The fraction of sp³-hybridized carbons (Fsp3) is 0.222. The number of rotatable bonds is 11. The number of carbonyl (C=O) groups excluding carboxylic acids is 1. The molecule has 3 aromatic rings. The Hall–Kier alpha value is -4.11. The highest BCUT2D eigenvalue weighted by molar-refractivity contribution is 5.99. The van der Waals surface area contributed by atoms with Gasteiger partial charge in [-0.3, -0.25) is 4.79 Å². The zero-order valence-corrected chi connectivity index (χ0v) is 18.5. The predicted molar refractivity (Wildman–Crippen MR) is 126 cm³/mol. The van der Waals surface area contributed by atoms with E-state index in [0.29, 0.717) is 30.4 Å². The number of carbonyl (C=O) groups is 1. The van der Waals surface area contributed by atoms with Crippen molar-refractivity contribution in [2.45, 2.75) is 25.9 Å². The van der Waals surface area contributed by atoms with Crippen molar-refractivity contribution in [3.63, 3.8) is 0 Å². The third-order valence-corrected chi connectivity index (χ3v) is 4.95. The number of benzene rings is 3. The van der Waals surface area contributed by atoms with E-state index in [1.54, 1.807) is 31.2 Å². The van der Waals surface area contributed by atoms with E-state index in [2.05, 4.69) is 6.07 Å². The molecule has 0 spiro atoms. The van der Waals surface area contributed by atoms with Gasteiger partial charge in [0.2, 0.25) is 0 Å². The standard InChI is InChI=1S/C27H26N2O4/c1-2-31-27(30)16-23(17-28)21-10-14-25(15-11-21)32-18-20-8-12-24(13-9-20)33-19-26(29)22-6-4-3-5-7-22/h3-15,23,29H,2,16,18-19H2,1H3. The van der Waals surface area contributed by atoms with Crippen molar-refractivity contribution in [2.24, 2.45) is 0 Å². The average Bonchev–Trinajstić information content (AvgIpc) is 2.86. The summed E-state index contributed by atoms with van der Waals surface area (Å²) in [5, 5.41) is 17.5. The summed E-state index contributed by atoms with van der Waals surface area (Å²) in [7, 11) is 0. The van der Waals surface area contributed by atoms with E-state index in [-0.39, 0.29) is 19.0 Å². The number of esters is 1. The van der Waals surface area contributed by atoms with Gasteiger partial charge in [-0.15, -0.1) is 0 Å². The minimum atomic E-state index is -0.547. The average molecular weight is 443 g/mol. The smallest absolute Gasteiger partial charge is 0.307 e. The first-order valence-electron chi connectivity index (χ1n) is 10.7. The van der Waals surface area contributed by atoms with Crippen molar-refractivity contribution in [1.82, 2.24) is 0 Å². The molecule has 1 atom stereocenters. The van der Waals surface area contributed by atoms with E-state index >= 15 is 0 Å². The maximum Gasteiger partial charge on any atom is 0.307 e. The molecule has 0 fully saturated rings. The quantitative estimate of drug-likeness (QED) is 0.322. The highest BCUT2D eigenvalue weighted by atomic mass is 16.5. The van der Waals surface area contributed by atoms with Crippen LogP contribution in [-0.4, -0.2) is 24.9 Å². The van der Waals surface area contributed by atoms with Crippen molar-refractivity contribution < 1.29 is 19.0 Å². The lowest BCUT2D eigenvalue weighted by atomic mass is 9.97. The van der Waals surface area contributed by atoms with Crippen LogP contribution in [0.5, 0.6) is 11.5 Å². The normalized spacial score (nSPS) is 11.2. The summed E-state index contributed by atoms with van der Waals surface area (Å²) < 4.78 is 16.5. The predicted octanol–water partition coefficient (Wildman–Crippen LogP) is 5.27. The molecular formula is C27H26N2O4. The Morgan fingerprint density at radius 2 is 1.58 bits per heavy atom. The minimum absolute atomic E-state index is 0.0315. The highest BCUT2D eigenvalue weighted by Gasteiger charge is 2.16. The first-order valence-corrected chi connectivity index (χ1v) is 10.7. The van der Waals surface area contributed by atoms with Crippen LogP contribution in [0, 0.1) is 16.7 Å². The first-order chi connectivity index (χ1) is 16.1. The van der Waals surface area contributed by atoms with Gasteiger partial charge in [-0.05, 0) is 47.9 Å². The van der Waals surface area contributed by atoms with Gasteiger partial charge in [-0.25, -0.2) is 0 Å². The molecule has 0 aromatic heterocycles. The van der Waals surface area contributed by atoms with Crippen molar-refractivity contribution in [3.8, 4) is 17.6 Å². The molecule has 1 N–H and O–H groups in total. The summed E-state index contributed by atoms with van der Waals surface area (Å²) >= 11 is 0. The molecule has 0 aliphatic rings. The minimum Gasteiger partial charge on any atom is -0.489 e. The summed E-state index contributed by atoms with van der Waals surface area (Å²) in [6, 6.07) is 26.4. The molecule has 0 saturated heterocycles. The lowest BCUT2D eigenvalue weighted by molar-refractivity contribution is -0.143. The molecule has 0 amide bonds. The van der Waals surface area contributed by atoms with Crippen LogP contribution in [-0.2, 0) is 16.1 Å². The third-order valence-electron chi connectivity index (χ3n) is 4.95. The van der Waals surface area contributed by atoms with E-state index in [0.717, 1.165) is 16.7 Å². The molecule has 0 aliphatic heterocycles. The molecule has 168 valence electrons.